The summed E-state index contributed by atoms with van der Waals surface area (Å²) in [6.45, 7) is 3.72. The summed E-state index contributed by atoms with van der Waals surface area (Å²) in [6, 6.07) is 12.6. The Hall–Kier alpha value is -2.34. The SMILES string of the molecule is Cc1cccc(OCC(=O)NNC(=O)c2ccccc2Br)c1C. The molecule has 0 atom stereocenters. The van der Waals surface area contributed by atoms with E-state index in [9.17, 15) is 9.59 Å². The van der Waals surface area contributed by atoms with Crippen molar-refractivity contribution in [1.29, 1.82) is 0 Å². The molecule has 0 saturated heterocycles. The highest BCUT2D eigenvalue weighted by molar-refractivity contribution is 9.10. The normalized spacial score (nSPS) is 10.0. The van der Waals surface area contributed by atoms with Gasteiger partial charge in [-0.15, -0.1) is 0 Å². The van der Waals surface area contributed by atoms with Gasteiger partial charge in [-0.1, -0.05) is 24.3 Å². The first-order valence-corrected chi connectivity index (χ1v) is 7.81. The van der Waals surface area contributed by atoms with Gasteiger partial charge in [0.15, 0.2) is 6.61 Å². The molecular formula is C17H17BrN2O3. The van der Waals surface area contributed by atoms with E-state index in [-0.39, 0.29) is 6.61 Å². The number of nitrogens with one attached hydrogen (secondary N) is 2. The van der Waals surface area contributed by atoms with Gasteiger partial charge in [0, 0.05) is 4.47 Å². The van der Waals surface area contributed by atoms with E-state index in [2.05, 4.69) is 26.8 Å². The molecule has 2 N–H and O–H groups in total. The van der Waals surface area contributed by atoms with Gasteiger partial charge in [0.2, 0.25) is 0 Å². The molecule has 0 radical (unpaired) electrons. The number of aryl methyl sites for hydroxylation is 1. The lowest BCUT2D eigenvalue weighted by atomic mass is 10.1. The van der Waals surface area contributed by atoms with Crippen LogP contribution < -0.4 is 15.6 Å². The molecule has 0 saturated carbocycles. The van der Waals surface area contributed by atoms with Gasteiger partial charge < -0.3 is 4.74 Å². The maximum Gasteiger partial charge on any atom is 0.276 e. The Morgan fingerprint density at radius 3 is 2.52 bits per heavy atom. The first-order chi connectivity index (χ1) is 11.0. The molecule has 0 bridgehead atoms. The minimum atomic E-state index is -0.439. The second-order valence-corrected chi connectivity index (χ2v) is 5.82. The van der Waals surface area contributed by atoms with E-state index in [0.29, 0.717) is 15.8 Å². The van der Waals surface area contributed by atoms with Gasteiger partial charge in [0.05, 0.1) is 5.56 Å². The van der Waals surface area contributed by atoms with Crippen LogP contribution in [0, 0.1) is 13.8 Å². The third kappa shape index (κ3) is 4.56. The number of carbonyl (C=O) groups is 2. The summed E-state index contributed by atoms with van der Waals surface area (Å²) in [4.78, 5) is 23.7. The number of benzene rings is 2. The van der Waals surface area contributed by atoms with Crippen LogP contribution in [0.2, 0.25) is 0 Å². The molecular weight excluding hydrogens is 360 g/mol. The van der Waals surface area contributed by atoms with Crippen molar-refractivity contribution in [3.63, 3.8) is 0 Å². The van der Waals surface area contributed by atoms with Crippen LogP contribution in [0.5, 0.6) is 5.75 Å². The fourth-order valence-corrected chi connectivity index (χ4v) is 2.36. The Morgan fingerprint density at radius 2 is 1.78 bits per heavy atom. The number of amides is 2. The van der Waals surface area contributed by atoms with Gasteiger partial charge in [-0.05, 0) is 59.1 Å². The number of hydrogen-bond acceptors (Lipinski definition) is 3. The summed E-state index contributed by atoms with van der Waals surface area (Å²) in [5.74, 6) is -0.193. The van der Waals surface area contributed by atoms with Gasteiger partial charge in [-0.3, -0.25) is 20.4 Å². The molecule has 0 aromatic heterocycles. The van der Waals surface area contributed by atoms with E-state index in [1.54, 1.807) is 30.3 Å². The van der Waals surface area contributed by atoms with E-state index < -0.39 is 11.8 Å². The van der Waals surface area contributed by atoms with Crippen molar-refractivity contribution in [1.82, 2.24) is 10.9 Å². The molecule has 120 valence electrons. The molecule has 2 aromatic rings. The fraction of sp³-hybridized carbons (Fsp3) is 0.176. The number of halogens is 1. The van der Waals surface area contributed by atoms with Crippen LogP contribution in [-0.4, -0.2) is 18.4 Å². The summed E-state index contributed by atoms with van der Waals surface area (Å²) in [5, 5.41) is 0. The third-order valence-corrected chi connectivity index (χ3v) is 4.04. The minimum absolute atomic E-state index is 0.180. The quantitative estimate of drug-likeness (QED) is 0.806. The molecule has 5 nitrogen and oxygen atoms in total. The number of ether oxygens (including phenoxy) is 1. The number of hydrogen-bond donors (Lipinski definition) is 2. The maximum atomic E-state index is 11.9. The van der Waals surface area contributed by atoms with E-state index >= 15 is 0 Å². The first-order valence-electron chi connectivity index (χ1n) is 7.01. The van der Waals surface area contributed by atoms with Crippen LogP contribution in [0.15, 0.2) is 46.9 Å². The van der Waals surface area contributed by atoms with Crippen molar-refractivity contribution in [3.8, 4) is 5.75 Å². The topological polar surface area (TPSA) is 67.4 Å². The van der Waals surface area contributed by atoms with Crippen molar-refractivity contribution in [3.05, 3.63) is 63.6 Å². The van der Waals surface area contributed by atoms with Crippen LogP contribution in [-0.2, 0) is 4.79 Å². The maximum absolute atomic E-state index is 11.9. The average molecular weight is 377 g/mol. The largest absolute Gasteiger partial charge is 0.483 e. The van der Waals surface area contributed by atoms with Crippen molar-refractivity contribution < 1.29 is 14.3 Å². The molecule has 0 heterocycles. The highest BCUT2D eigenvalue weighted by Gasteiger charge is 2.11. The first kappa shape index (κ1) is 17.0. The van der Waals surface area contributed by atoms with Gasteiger partial charge in [-0.2, -0.15) is 0 Å². The van der Waals surface area contributed by atoms with Crippen LogP contribution >= 0.6 is 15.9 Å². The van der Waals surface area contributed by atoms with Crippen molar-refractivity contribution in [2.75, 3.05) is 6.61 Å². The predicted molar refractivity (Wildman–Crippen MR) is 91.2 cm³/mol. The minimum Gasteiger partial charge on any atom is -0.483 e. The summed E-state index contributed by atoms with van der Waals surface area (Å²) in [7, 11) is 0. The van der Waals surface area contributed by atoms with Crippen LogP contribution in [0.4, 0.5) is 0 Å². The summed E-state index contributed by atoms with van der Waals surface area (Å²) >= 11 is 3.28. The molecule has 6 heteroatoms. The third-order valence-electron chi connectivity index (χ3n) is 3.35. The molecule has 0 aliphatic heterocycles. The average Bonchev–Trinajstić information content (AvgIpc) is 2.54. The molecule has 0 aliphatic carbocycles. The lowest BCUT2D eigenvalue weighted by molar-refractivity contribution is -0.123. The van der Waals surface area contributed by atoms with Gasteiger partial charge >= 0.3 is 0 Å². The van der Waals surface area contributed by atoms with Gasteiger partial charge in [0.1, 0.15) is 5.75 Å². The number of rotatable bonds is 4. The Kier molecular flexibility index (Phi) is 5.76. The van der Waals surface area contributed by atoms with Crippen molar-refractivity contribution >= 4 is 27.7 Å². The Balaban J connectivity index is 1.85. The van der Waals surface area contributed by atoms with Gasteiger partial charge in [0.25, 0.3) is 11.8 Å². The lowest BCUT2D eigenvalue weighted by Gasteiger charge is -2.12. The predicted octanol–water partition coefficient (Wildman–Crippen LogP) is 2.91. The Bertz CT molecular complexity index is 732. The van der Waals surface area contributed by atoms with E-state index in [0.717, 1.165) is 11.1 Å². The molecule has 23 heavy (non-hydrogen) atoms. The summed E-state index contributed by atoms with van der Waals surface area (Å²) in [5.41, 5.74) is 7.19. The number of carbonyl (C=O) groups excluding carboxylic acids is 2. The van der Waals surface area contributed by atoms with E-state index in [1.165, 1.54) is 0 Å². The highest BCUT2D eigenvalue weighted by atomic mass is 79.9. The van der Waals surface area contributed by atoms with Crippen LogP contribution in [0.3, 0.4) is 0 Å². The molecule has 0 aliphatic rings. The Labute approximate surface area is 143 Å². The standard InChI is InChI=1S/C17H17BrN2O3/c1-11-6-5-9-15(12(11)2)23-10-16(21)19-20-17(22)13-7-3-4-8-14(13)18/h3-9H,10H2,1-2H3,(H,19,21)(H,20,22). The Morgan fingerprint density at radius 1 is 1.04 bits per heavy atom. The van der Waals surface area contributed by atoms with E-state index in [1.807, 2.05) is 26.0 Å². The van der Waals surface area contributed by atoms with Crippen LogP contribution in [0.25, 0.3) is 0 Å². The molecule has 0 fully saturated rings. The fourth-order valence-electron chi connectivity index (χ4n) is 1.90. The zero-order valence-electron chi connectivity index (χ0n) is 12.9. The second kappa shape index (κ2) is 7.78. The van der Waals surface area contributed by atoms with Gasteiger partial charge in [-0.25, -0.2) is 0 Å². The summed E-state index contributed by atoms with van der Waals surface area (Å²) in [6.07, 6.45) is 0. The highest BCUT2D eigenvalue weighted by Crippen LogP contribution is 2.20. The molecule has 2 rings (SSSR count). The van der Waals surface area contributed by atoms with Crippen molar-refractivity contribution in [2.45, 2.75) is 13.8 Å². The van der Waals surface area contributed by atoms with E-state index in [4.69, 9.17) is 4.74 Å². The molecule has 0 spiro atoms. The van der Waals surface area contributed by atoms with Crippen molar-refractivity contribution in [2.24, 2.45) is 0 Å². The molecule has 2 amide bonds. The monoisotopic (exact) mass is 376 g/mol. The lowest BCUT2D eigenvalue weighted by Crippen LogP contribution is -2.43. The second-order valence-electron chi connectivity index (χ2n) is 4.97. The zero-order chi connectivity index (χ0) is 16.8. The number of hydrazine groups is 1. The molecule has 0 unspecified atom stereocenters. The molecule has 2 aromatic carbocycles. The summed E-state index contributed by atoms with van der Waals surface area (Å²) < 4.78 is 6.12. The van der Waals surface area contributed by atoms with Crippen LogP contribution in [0.1, 0.15) is 21.5 Å². The smallest absolute Gasteiger partial charge is 0.276 e. The zero-order valence-corrected chi connectivity index (χ0v) is 14.4.